The number of benzene rings is 1. The van der Waals surface area contributed by atoms with Crippen LogP contribution in [-0.4, -0.2) is 39.4 Å². The first-order valence-corrected chi connectivity index (χ1v) is 10.1. The second-order valence-corrected chi connectivity index (χ2v) is 7.99. The third-order valence-corrected chi connectivity index (χ3v) is 5.57. The van der Waals surface area contributed by atoms with Crippen molar-refractivity contribution in [3.63, 3.8) is 0 Å². The summed E-state index contributed by atoms with van der Waals surface area (Å²) in [5.41, 5.74) is -0.0576. The Morgan fingerprint density at radius 1 is 1.32 bits per heavy atom. The molecule has 0 bridgehead atoms. The fourth-order valence-corrected chi connectivity index (χ4v) is 3.77. The molecule has 0 aliphatic rings. The maximum Gasteiger partial charge on any atom is 0.341 e. The molecule has 2 aromatic heterocycles. The molecule has 3 rings (SSSR count). The lowest BCUT2D eigenvalue weighted by molar-refractivity contribution is 0.0694. The number of nitrogens with zero attached hydrogens (tertiary/aromatic N) is 2. The van der Waals surface area contributed by atoms with Crippen LogP contribution in [0, 0.1) is 11.7 Å². The van der Waals surface area contributed by atoms with Gasteiger partial charge in [-0.25, -0.2) is 14.2 Å². The molecule has 0 spiro atoms. The predicted octanol–water partition coefficient (Wildman–Crippen LogP) is 3.71. The van der Waals surface area contributed by atoms with Gasteiger partial charge in [0.05, 0.1) is 23.1 Å². The van der Waals surface area contributed by atoms with Crippen LogP contribution in [0.15, 0.2) is 35.3 Å². The van der Waals surface area contributed by atoms with E-state index in [9.17, 15) is 24.2 Å². The van der Waals surface area contributed by atoms with Gasteiger partial charge in [-0.2, -0.15) is 0 Å². The number of carbonyl (C=O) groups is 1. The topological polar surface area (TPSA) is 104 Å². The molecule has 0 aliphatic heterocycles. The van der Waals surface area contributed by atoms with Crippen LogP contribution in [0.2, 0.25) is 5.02 Å². The van der Waals surface area contributed by atoms with Crippen molar-refractivity contribution in [1.82, 2.24) is 9.55 Å². The number of hydrogen-bond acceptors (Lipinski definition) is 5. The Hall–Kier alpha value is -2.97. The number of anilines is 1. The minimum absolute atomic E-state index is 0.0181. The van der Waals surface area contributed by atoms with E-state index in [4.69, 9.17) is 11.6 Å². The van der Waals surface area contributed by atoms with Crippen molar-refractivity contribution in [2.24, 2.45) is 5.92 Å². The van der Waals surface area contributed by atoms with Crippen molar-refractivity contribution >= 4 is 34.4 Å². The number of rotatable bonds is 7. The summed E-state index contributed by atoms with van der Waals surface area (Å²) in [6, 6.07) is 5.68. The standard InChI is InChI=1S/C22H23ClFN3O4/c1-11(2)17(10-28)27-9-15(22(30)31)19(29)14-8-13(20(25-3)26-21(14)27)7-12-5-4-6-16(23)18(12)24/h4-6,8-9,11,17,28H,7,10H2,1-3H3,(H,25,26)(H,30,31)/t17-/m1/s1. The lowest BCUT2D eigenvalue weighted by atomic mass is 10.0. The van der Waals surface area contributed by atoms with Crippen LogP contribution >= 0.6 is 11.6 Å². The molecule has 0 radical (unpaired) electrons. The first-order chi connectivity index (χ1) is 14.7. The van der Waals surface area contributed by atoms with E-state index in [2.05, 4.69) is 10.3 Å². The molecule has 1 aromatic carbocycles. The van der Waals surface area contributed by atoms with Gasteiger partial charge in [0.15, 0.2) is 0 Å². The van der Waals surface area contributed by atoms with Gasteiger partial charge in [0.2, 0.25) is 5.43 Å². The number of carboxylic acids is 1. The number of pyridine rings is 2. The quantitative estimate of drug-likeness (QED) is 0.510. The van der Waals surface area contributed by atoms with Crippen LogP contribution in [0.4, 0.5) is 10.2 Å². The zero-order valence-electron chi connectivity index (χ0n) is 17.3. The Balaban J connectivity index is 2.32. The van der Waals surface area contributed by atoms with E-state index in [1.54, 1.807) is 19.2 Å². The summed E-state index contributed by atoms with van der Waals surface area (Å²) in [4.78, 5) is 29.2. The molecule has 1 atom stereocenters. The molecule has 0 amide bonds. The highest BCUT2D eigenvalue weighted by atomic mass is 35.5. The zero-order chi connectivity index (χ0) is 22.9. The summed E-state index contributed by atoms with van der Waals surface area (Å²) in [5.74, 6) is -1.59. The summed E-state index contributed by atoms with van der Waals surface area (Å²) >= 11 is 5.88. The summed E-state index contributed by atoms with van der Waals surface area (Å²) in [6.45, 7) is 3.49. The second-order valence-electron chi connectivity index (χ2n) is 7.59. The Labute approximate surface area is 183 Å². The van der Waals surface area contributed by atoms with Crippen molar-refractivity contribution in [2.45, 2.75) is 26.3 Å². The summed E-state index contributed by atoms with van der Waals surface area (Å²) in [5, 5.41) is 22.5. The van der Waals surface area contributed by atoms with Gasteiger partial charge in [0.1, 0.15) is 22.8 Å². The van der Waals surface area contributed by atoms with Crippen molar-refractivity contribution in [1.29, 1.82) is 0 Å². The molecular formula is C22H23ClFN3O4. The molecule has 3 N–H and O–H groups in total. The van der Waals surface area contributed by atoms with Gasteiger partial charge in [0, 0.05) is 19.7 Å². The Kier molecular flexibility index (Phi) is 6.62. The van der Waals surface area contributed by atoms with Crippen LogP contribution < -0.4 is 10.7 Å². The first-order valence-electron chi connectivity index (χ1n) is 9.73. The average Bonchev–Trinajstić information content (AvgIpc) is 2.72. The van der Waals surface area contributed by atoms with E-state index in [1.807, 2.05) is 13.8 Å². The van der Waals surface area contributed by atoms with E-state index >= 15 is 0 Å². The molecular weight excluding hydrogens is 425 g/mol. The fraction of sp³-hybridized carbons (Fsp3) is 0.318. The van der Waals surface area contributed by atoms with Gasteiger partial charge in [-0.3, -0.25) is 4.79 Å². The Morgan fingerprint density at radius 3 is 2.61 bits per heavy atom. The normalized spacial score (nSPS) is 12.4. The van der Waals surface area contributed by atoms with Crippen molar-refractivity contribution in [2.75, 3.05) is 19.0 Å². The molecule has 0 saturated heterocycles. The maximum atomic E-state index is 14.4. The molecule has 0 aliphatic carbocycles. The number of aliphatic hydroxyl groups is 1. The number of fused-ring (bicyclic) bond motifs is 1. The van der Waals surface area contributed by atoms with Crippen LogP contribution in [-0.2, 0) is 6.42 Å². The number of aliphatic hydroxyl groups excluding tert-OH is 1. The average molecular weight is 448 g/mol. The number of nitrogens with one attached hydrogen (secondary N) is 1. The molecule has 2 heterocycles. The minimum Gasteiger partial charge on any atom is -0.477 e. The summed E-state index contributed by atoms with van der Waals surface area (Å²) < 4.78 is 16.0. The molecule has 0 fully saturated rings. The van der Waals surface area contributed by atoms with Crippen LogP contribution in [0.1, 0.15) is 41.4 Å². The first kappa shape index (κ1) is 22.7. The molecule has 9 heteroatoms. The third kappa shape index (κ3) is 4.26. The minimum atomic E-state index is -1.37. The highest BCUT2D eigenvalue weighted by Crippen LogP contribution is 2.28. The van der Waals surface area contributed by atoms with E-state index < -0.39 is 28.8 Å². The predicted molar refractivity (Wildman–Crippen MR) is 118 cm³/mol. The lowest BCUT2D eigenvalue weighted by Gasteiger charge is -2.24. The number of hydrogen-bond donors (Lipinski definition) is 3. The molecule has 164 valence electrons. The zero-order valence-corrected chi connectivity index (χ0v) is 18.1. The van der Waals surface area contributed by atoms with Gasteiger partial charge in [-0.05, 0) is 29.2 Å². The summed E-state index contributed by atoms with van der Waals surface area (Å²) in [6.07, 6.45) is 1.31. The Morgan fingerprint density at radius 2 is 2.03 bits per heavy atom. The molecule has 3 aromatic rings. The van der Waals surface area contributed by atoms with Gasteiger partial charge in [0.25, 0.3) is 0 Å². The van der Waals surface area contributed by atoms with E-state index in [1.165, 1.54) is 22.9 Å². The number of carboxylic acid groups (broad SMARTS) is 1. The summed E-state index contributed by atoms with van der Waals surface area (Å²) in [7, 11) is 1.64. The molecule has 7 nitrogen and oxygen atoms in total. The number of aromatic carboxylic acids is 1. The van der Waals surface area contributed by atoms with Crippen LogP contribution in [0.3, 0.4) is 0 Å². The smallest absolute Gasteiger partial charge is 0.341 e. The van der Waals surface area contributed by atoms with E-state index in [0.717, 1.165) is 0 Å². The fourth-order valence-electron chi connectivity index (χ4n) is 3.58. The third-order valence-electron chi connectivity index (χ3n) is 5.28. The SMILES string of the molecule is CNc1nc2c(cc1Cc1cccc(Cl)c1F)c(=O)c(C(=O)O)cn2[C@H](CO)C(C)C. The van der Waals surface area contributed by atoms with Gasteiger partial charge >= 0.3 is 5.97 Å². The second kappa shape index (κ2) is 9.03. The molecule has 31 heavy (non-hydrogen) atoms. The number of aromatic nitrogens is 2. The highest BCUT2D eigenvalue weighted by molar-refractivity contribution is 6.30. The van der Waals surface area contributed by atoms with Crippen LogP contribution in [0.25, 0.3) is 11.0 Å². The van der Waals surface area contributed by atoms with Gasteiger partial charge in [-0.15, -0.1) is 0 Å². The number of halogens is 2. The van der Waals surface area contributed by atoms with Crippen molar-refractivity contribution < 1.29 is 19.4 Å². The van der Waals surface area contributed by atoms with E-state index in [-0.39, 0.29) is 35.0 Å². The maximum absolute atomic E-state index is 14.4. The van der Waals surface area contributed by atoms with Crippen molar-refractivity contribution in [3.05, 3.63) is 68.2 Å². The van der Waals surface area contributed by atoms with Crippen molar-refractivity contribution in [3.8, 4) is 0 Å². The largest absolute Gasteiger partial charge is 0.477 e. The lowest BCUT2D eigenvalue weighted by Crippen LogP contribution is -2.26. The van der Waals surface area contributed by atoms with E-state index in [0.29, 0.717) is 16.9 Å². The highest BCUT2D eigenvalue weighted by Gasteiger charge is 2.23. The van der Waals surface area contributed by atoms with Gasteiger partial charge < -0.3 is 20.1 Å². The Bertz CT molecular complexity index is 1210. The molecule has 0 unspecified atom stereocenters. The monoisotopic (exact) mass is 447 g/mol. The van der Waals surface area contributed by atoms with Gasteiger partial charge in [-0.1, -0.05) is 37.6 Å². The molecule has 0 saturated carbocycles. The van der Waals surface area contributed by atoms with Crippen LogP contribution in [0.5, 0.6) is 0 Å².